The van der Waals surface area contributed by atoms with Crippen LogP contribution in [0, 0.1) is 10.8 Å². The normalized spacial score (nSPS) is 13.8. The van der Waals surface area contributed by atoms with E-state index in [1.54, 1.807) is 52.1 Å². The number of hydrogen-bond donors (Lipinski definition) is 0. The SMILES string of the molecule is CC(C)(C)C1=C[C](=[W])[C](=[W])C1.CC(C)(C)[C-]=[W].[W].[W].[W]. The van der Waals surface area contributed by atoms with Gasteiger partial charge in [0.25, 0.3) is 0 Å². The minimum Gasteiger partial charge on any atom is 0 e. The molecule has 0 aromatic heterocycles. The monoisotopic (exact) mass is 1290 g/mol. The van der Waals surface area contributed by atoms with Crippen molar-refractivity contribution in [1.29, 1.82) is 0 Å². The Bertz CT molecular complexity index is 355. The van der Waals surface area contributed by atoms with E-state index >= 15 is 0 Å². The van der Waals surface area contributed by atoms with Crippen molar-refractivity contribution >= 4 is 12.2 Å². The molecule has 0 atom stereocenters. The molecule has 1 aliphatic carbocycles. The molecule has 0 amide bonds. The molecule has 0 aromatic rings. The molecule has 0 fully saturated rings. The van der Waals surface area contributed by atoms with Gasteiger partial charge in [0.05, 0.1) is 0 Å². The van der Waals surface area contributed by atoms with Gasteiger partial charge in [-0.05, 0) is 0 Å². The van der Waals surface area contributed by atoms with Crippen LogP contribution in [-0.2, 0) is 121 Å². The molecule has 0 unspecified atom stereocenters. The molecule has 1 aliphatic rings. The summed E-state index contributed by atoms with van der Waals surface area (Å²) in [5.41, 5.74) is 2.33. The van der Waals surface area contributed by atoms with Gasteiger partial charge in [-0.1, -0.05) is 0 Å². The molecule has 20 heavy (non-hydrogen) atoms. The Hall–Kier alpha value is 3.48. The molecule has 0 N–H and O–H groups in total. The van der Waals surface area contributed by atoms with Gasteiger partial charge in [0.15, 0.2) is 0 Å². The van der Waals surface area contributed by atoms with Crippen molar-refractivity contribution in [2.24, 2.45) is 10.8 Å². The smallest absolute Gasteiger partial charge is 0 e. The summed E-state index contributed by atoms with van der Waals surface area (Å²) in [6.07, 6.45) is 3.65. The van der Waals surface area contributed by atoms with Crippen LogP contribution in [0.15, 0.2) is 11.6 Å². The molecular formula is C14H21W6-. The average Bonchev–Trinajstić information content (AvgIpc) is 2.46. The van der Waals surface area contributed by atoms with Crippen LogP contribution in [0.25, 0.3) is 0 Å². The molecule has 1 rings (SSSR count). The van der Waals surface area contributed by atoms with Gasteiger partial charge in [-0.3, -0.25) is 0 Å². The first kappa shape index (κ1) is 31.3. The maximum Gasteiger partial charge on any atom is 0 e. The Kier molecular flexibility index (Phi) is 21.5. The summed E-state index contributed by atoms with van der Waals surface area (Å²) in [6.45, 7) is 13.4. The first-order chi connectivity index (χ1) is 7.47. The number of rotatable bonds is 0. The molecule has 0 heterocycles. The van der Waals surface area contributed by atoms with Crippen molar-refractivity contribution in [2.75, 3.05) is 0 Å². The van der Waals surface area contributed by atoms with Crippen LogP contribution < -0.4 is 0 Å². The minimum absolute atomic E-state index is 0. The second-order valence-corrected chi connectivity index (χ2v) is 10.3. The third-order valence-electron chi connectivity index (χ3n) is 2.20. The zero-order valence-electron chi connectivity index (χ0n) is 12.7. The fourth-order valence-electron chi connectivity index (χ4n) is 1.03. The maximum atomic E-state index is 3.19. The predicted molar refractivity (Wildman–Crippen MR) is 66.6 cm³/mol. The van der Waals surface area contributed by atoms with Gasteiger partial charge < -0.3 is 0 Å². The van der Waals surface area contributed by atoms with E-state index < -0.39 is 0 Å². The Morgan fingerprint density at radius 1 is 0.950 bits per heavy atom. The van der Waals surface area contributed by atoms with E-state index in [1.807, 2.05) is 0 Å². The van der Waals surface area contributed by atoms with Gasteiger partial charge in [-0.15, -0.1) is 0 Å². The van der Waals surface area contributed by atoms with Gasteiger partial charge in [-0.2, -0.15) is 0 Å². The first-order valence-electron chi connectivity index (χ1n) is 5.65. The number of allylic oxidation sites excluding steroid dienone is 2. The Morgan fingerprint density at radius 2 is 1.30 bits per heavy atom. The second kappa shape index (κ2) is 13.7. The fourth-order valence-corrected chi connectivity index (χ4v) is 2.57. The molecule has 0 radical (unpaired) electrons. The summed E-state index contributed by atoms with van der Waals surface area (Å²) in [7, 11) is 0. The summed E-state index contributed by atoms with van der Waals surface area (Å²) in [6, 6.07) is 0. The van der Waals surface area contributed by atoms with Gasteiger partial charge in [0, 0.05) is 63.2 Å². The fraction of sp³-hybridized carbons (Fsp3) is 0.643. The summed E-state index contributed by atoms with van der Waals surface area (Å²) in [5, 5.41) is 0. The van der Waals surface area contributed by atoms with E-state index in [9.17, 15) is 0 Å². The van der Waals surface area contributed by atoms with E-state index in [0.29, 0.717) is 10.8 Å². The number of hydrogen-bond acceptors (Lipinski definition) is 0. The van der Waals surface area contributed by atoms with E-state index in [0.717, 1.165) is 0 Å². The molecule has 6 heteroatoms. The van der Waals surface area contributed by atoms with Crippen molar-refractivity contribution in [1.82, 2.24) is 0 Å². The molecule has 0 nitrogen and oxygen atoms in total. The Morgan fingerprint density at radius 3 is 1.40 bits per heavy atom. The third-order valence-corrected chi connectivity index (χ3v) is 9.03. The van der Waals surface area contributed by atoms with E-state index in [4.69, 9.17) is 0 Å². The van der Waals surface area contributed by atoms with Crippen LogP contribution >= 0.6 is 0 Å². The van der Waals surface area contributed by atoms with Crippen LogP contribution in [0.4, 0.5) is 0 Å². The van der Waals surface area contributed by atoms with Crippen LogP contribution in [0.5, 0.6) is 0 Å². The van der Waals surface area contributed by atoms with Gasteiger partial charge in [0.1, 0.15) is 0 Å². The zero-order chi connectivity index (χ0) is 13.9. The molecule has 0 aromatic carbocycles. The van der Waals surface area contributed by atoms with Crippen molar-refractivity contribution in [3.8, 4) is 0 Å². The standard InChI is InChI=1S/C9H12.C5H9.6W/c1-9(2,3)8-6-4-5-7-8;1-5(2,3)4;;;;;;/h6H,7H2,1-3H3;1-3H3;;;;;;/q;-1;;;;;;. The summed E-state index contributed by atoms with van der Waals surface area (Å²) in [5.74, 6) is 0. The van der Waals surface area contributed by atoms with E-state index in [2.05, 4.69) is 52.0 Å². The van der Waals surface area contributed by atoms with Crippen molar-refractivity contribution in [3.05, 3.63) is 11.6 Å². The largest absolute Gasteiger partial charge is 0 e. The van der Waals surface area contributed by atoms with Crippen LogP contribution in [0.2, 0.25) is 0 Å². The molecule has 0 spiro atoms. The van der Waals surface area contributed by atoms with Gasteiger partial charge in [0.2, 0.25) is 0 Å². The first-order valence-corrected chi connectivity index (χ1v) is 10.0. The Balaban J connectivity index is -0.000000126. The molecule has 0 saturated heterocycles. The van der Waals surface area contributed by atoms with Crippen LogP contribution in [-0.4, -0.2) is 12.2 Å². The molecule has 114 valence electrons. The van der Waals surface area contributed by atoms with Crippen LogP contribution in [0.3, 0.4) is 0 Å². The van der Waals surface area contributed by atoms with E-state index in [1.165, 1.54) is 25.8 Å². The molecule has 0 saturated carbocycles. The zero-order valence-corrected chi connectivity index (χ0v) is 30.3. The average molecular weight is 1290 g/mol. The quantitative estimate of drug-likeness (QED) is 0.328. The third kappa shape index (κ3) is 15.0. The Labute approximate surface area is 200 Å². The predicted octanol–water partition coefficient (Wildman–Crippen LogP) is 3.05. The summed E-state index contributed by atoms with van der Waals surface area (Å²) < 4.78 is 6.43. The summed E-state index contributed by atoms with van der Waals surface area (Å²) in [4.78, 5) is 0. The van der Waals surface area contributed by atoms with Gasteiger partial charge >= 0.3 is 141 Å². The van der Waals surface area contributed by atoms with Crippen LogP contribution in [0.1, 0.15) is 48.0 Å². The second-order valence-electron chi connectivity index (χ2n) is 6.24. The van der Waals surface area contributed by atoms with Gasteiger partial charge in [-0.25, -0.2) is 0 Å². The van der Waals surface area contributed by atoms with Crippen molar-refractivity contribution in [3.63, 3.8) is 0 Å². The molecule has 0 aliphatic heterocycles. The van der Waals surface area contributed by atoms with Crippen molar-refractivity contribution in [2.45, 2.75) is 48.0 Å². The topological polar surface area (TPSA) is 0 Å². The van der Waals surface area contributed by atoms with E-state index in [-0.39, 0.29) is 63.2 Å². The maximum absolute atomic E-state index is 3.19. The minimum atomic E-state index is 0. The van der Waals surface area contributed by atoms with Crippen molar-refractivity contribution < 1.29 is 121 Å². The molecular weight excluding hydrogens is 1270 g/mol. The summed E-state index contributed by atoms with van der Waals surface area (Å²) >= 11 is 4.72. The molecule has 0 bridgehead atoms.